The van der Waals surface area contributed by atoms with E-state index in [1.54, 1.807) is 6.92 Å². The Kier molecular flexibility index (Phi) is 3.93. The second-order valence-electron chi connectivity index (χ2n) is 3.45. The van der Waals surface area contributed by atoms with Gasteiger partial charge >= 0.3 is 12.1 Å². The van der Waals surface area contributed by atoms with Crippen LogP contribution in [0.5, 0.6) is 0 Å². The predicted octanol–water partition coefficient (Wildman–Crippen LogP) is 2.45. The highest BCUT2D eigenvalue weighted by molar-refractivity contribution is 5.94. The number of rotatable bonds is 4. The number of hydrogen-bond acceptors (Lipinski definition) is 3. The minimum absolute atomic E-state index is 0.0400. The number of hydrogen-bond donors (Lipinski definition) is 2. The summed E-state index contributed by atoms with van der Waals surface area (Å²) < 4.78 is 35.8. The second-order valence-corrected chi connectivity index (χ2v) is 3.45. The van der Waals surface area contributed by atoms with Crippen LogP contribution in [0.1, 0.15) is 22.3 Å². The Hall–Kier alpha value is -1.79. The van der Waals surface area contributed by atoms with E-state index < -0.39 is 25.1 Å². The Morgan fingerprint density at radius 1 is 1.53 bits per heavy atom. The first kappa shape index (κ1) is 13.3. The van der Waals surface area contributed by atoms with Crippen molar-refractivity contribution >= 4 is 11.8 Å². The molecule has 0 aliphatic rings. The van der Waals surface area contributed by atoms with Gasteiger partial charge < -0.3 is 10.4 Å². The number of carboxylic acids is 1. The molecule has 1 rings (SSSR count). The van der Waals surface area contributed by atoms with Crippen molar-refractivity contribution in [2.45, 2.75) is 19.5 Å². The normalized spacial score (nSPS) is 11.3. The molecule has 17 heavy (non-hydrogen) atoms. The Morgan fingerprint density at radius 3 is 2.71 bits per heavy atom. The van der Waals surface area contributed by atoms with Gasteiger partial charge in [0.25, 0.3) is 0 Å². The monoisotopic (exact) mass is 248 g/mol. The smallest absolute Gasteiger partial charge is 0.390 e. The predicted molar refractivity (Wildman–Crippen MR) is 55.1 cm³/mol. The summed E-state index contributed by atoms with van der Waals surface area (Å²) >= 11 is 0. The highest BCUT2D eigenvalue weighted by Crippen LogP contribution is 2.21. The lowest BCUT2D eigenvalue weighted by molar-refractivity contribution is -0.131. The molecular formula is C10H11F3N2O2. The zero-order valence-electron chi connectivity index (χ0n) is 9.01. The molecule has 0 unspecified atom stereocenters. The lowest BCUT2D eigenvalue weighted by atomic mass is 10.1. The highest BCUT2D eigenvalue weighted by atomic mass is 19.4. The van der Waals surface area contributed by atoms with E-state index >= 15 is 0 Å². The Labute approximate surface area is 95.5 Å². The number of nitrogens with zero attached hydrogens (tertiary/aromatic N) is 1. The fourth-order valence-electron chi connectivity index (χ4n) is 1.28. The standard InChI is InChI=1S/C10H11F3N2O2/c1-6-2-4-14-8(7(6)9(16)17)15-5-3-10(11,12)13/h2,4H,3,5H2,1H3,(H,14,15)(H,16,17). The molecule has 1 aromatic heterocycles. The van der Waals surface area contributed by atoms with Crippen LogP contribution in [0.4, 0.5) is 19.0 Å². The van der Waals surface area contributed by atoms with Crippen LogP contribution in [-0.4, -0.2) is 28.8 Å². The van der Waals surface area contributed by atoms with Gasteiger partial charge in [0.15, 0.2) is 0 Å². The van der Waals surface area contributed by atoms with Gasteiger partial charge in [0, 0.05) is 12.7 Å². The maximum absolute atomic E-state index is 11.9. The van der Waals surface area contributed by atoms with Crippen LogP contribution in [0.25, 0.3) is 0 Å². The number of aryl methyl sites for hydroxylation is 1. The Bertz CT molecular complexity index is 419. The summed E-state index contributed by atoms with van der Waals surface area (Å²) in [6.07, 6.45) is -3.97. The maximum Gasteiger partial charge on any atom is 0.390 e. The van der Waals surface area contributed by atoms with E-state index in [-0.39, 0.29) is 11.4 Å². The first-order valence-electron chi connectivity index (χ1n) is 4.81. The second kappa shape index (κ2) is 5.03. The molecule has 1 heterocycles. The molecule has 2 N–H and O–H groups in total. The third-order valence-corrected chi connectivity index (χ3v) is 2.07. The summed E-state index contributed by atoms with van der Waals surface area (Å²) in [5.41, 5.74) is 0.344. The van der Waals surface area contributed by atoms with Crippen molar-refractivity contribution in [2.75, 3.05) is 11.9 Å². The molecule has 0 bridgehead atoms. The van der Waals surface area contributed by atoms with Crippen molar-refractivity contribution in [3.05, 3.63) is 23.4 Å². The van der Waals surface area contributed by atoms with Gasteiger partial charge in [0.2, 0.25) is 0 Å². The van der Waals surface area contributed by atoms with Crippen molar-refractivity contribution in [2.24, 2.45) is 0 Å². The minimum atomic E-state index is -4.28. The molecule has 0 saturated heterocycles. The van der Waals surface area contributed by atoms with E-state index in [9.17, 15) is 18.0 Å². The van der Waals surface area contributed by atoms with Gasteiger partial charge in [-0.25, -0.2) is 9.78 Å². The van der Waals surface area contributed by atoms with Gasteiger partial charge in [-0.05, 0) is 18.6 Å². The van der Waals surface area contributed by atoms with Crippen LogP contribution in [0.15, 0.2) is 12.3 Å². The number of nitrogens with one attached hydrogen (secondary N) is 1. The molecule has 0 radical (unpaired) electrons. The van der Waals surface area contributed by atoms with E-state index in [2.05, 4.69) is 10.3 Å². The van der Waals surface area contributed by atoms with Crippen LogP contribution < -0.4 is 5.32 Å². The van der Waals surface area contributed by atoms with Crippen molar-refractivity contribution in [1.29, 1.82) is 0 Å². The molecule has 0 saturated carbocycles. The summed E-state index contributed by atoms with van der Waals surface area (Å²) in [4.78, 5) is 14.6. The lowest BCUT2D eigenvalue weighted by Crippen LogP contribution is -2.17. The number of carboxylic acid groups (broad SMARTS) is 1. The van der Waals surface area contributed by atoms with Gasteiger partial charge in [-0.2, -0.15) is 13.2 Å². The van der Waals surface area contributed by atoms with Crippen molar-refractivity contribution in [1.82, 2.24) is 4.98 Å². The van der Waals surface area contributed by atoms with E-state index in [0.717, 1.165) is 0 Å². The molecule has 0 aromatic carbocycles. The Morgan fingerprint density at radius 2 is 2.18 bits per heavy atom. The van der Waals surface area contributed by atoms with Crippen LogP contribution in [0, 0.1) is 6.92 Å². The number of aromatic carboxylic acids is 1. The molecule has 0 fully saturated rings. The average Bonchev–Trinajstić information content (AvgIpc) is 2.14. The fraction of sp³-hybridized carbons (Fsp3) is 0.400. The molecule has 0 aliphatic heterocycles. The SMILES string of the molecule is Cc1ccnc(NCCC(F)(F)F)c1C(=O)O. The van der Waals surface area contributed by atoms with Crippen molar-refractivity contribution in [3.8, 4) is 0 Å². The third kappa shape index (κ3) is 3.93. The largest absolute Gasteiger partial charge is 0.478 e. The van der Waals surface area contributed by atoms with Gasteiger partial charge in [0.05, 0.1) is 6.42 Å². The first-order valence-corrected chi connectivity index (χ1v) is 4.81. The topological polar surface area (TPSA) is 62.2 Å². The van der Waals surface area contributed by atoms with Crippen LogP contribution in [-0.2, 0) is 0 Å². The van der Waals surface area contributed by atoms with E-state index in [4.69, 9.17) is 5.11 Å². The zero-order valence-corrected chi connectivity index (χ0v) is 9.01. The summed E-state index contributed by atoms with van der Waals surface area (Å²) in [6, 6.07) is 1.48. The minimum Gasteiger partial charge on any atom is -0.478 e. The number of pyridine rings is 1. The summed E-state index contributed by atoms with van der Waals surface area (Å²) in [6.45, 7) is 1.15. The van der Waals surface area contributed by atoms with Gasteiger partial charge in [-0.3, -0.25) is 0 Å². The highest BCUT2D eigenvalue weighted by Gasteiger charge is 2.26. The molecule has 0 aliphatic carbocycles. The van der Waals surface area contributed by atoms with E-state index in [1.807, 2.05) is 0 Å². The molecule has 0 atom stereocenters. The molecule has 7 heteroatoms. The van der Waals surface area contributed by atoms with Crippen molar-refractivity contribution < 1.29 is 23.1 Å². The lowest BCUT2D eigenvalue weighted by Gasteiger charge is -2.11. The quantitative estimate of drug-likeness (QED) is 0.859. The number of aromatic nitrogens is 1. The van der Waals surface area contributed by atoms with Gasteiger partial charge in [-0.1, -0.05) is 0 Å². The van der Waals surface area contributed by atoms with E-state index in [1.165, 1.54) is 12.3 Å². The first-order chi connectivity index (χ1) is 7.81. The number of halogens is 3. The number of anilines is 1. The number of alkyl halides is 3. The van der Waals surface area contributed by atoms with Crippen LogP contribution >= 0.6 is 0 Å². The van der Waals surface area contributed by atoms with Crippen LogP contribution in [0.2, 0.25) is 0 Å². The van der Waals surface area contributed by atoms with E-state index in [0.29, 0.717) is 5.56 Å². The summed E-state index contributed by atoms with van der Waals surface area (Å²) in [7, 11) is 0. The summed E-state index contributed by atoms with van der Waals surface area (Å²) in [5, 5.41) is 11.3. The average molecular weight is 248 g/mol. The molecule has 0 amide bonds. The summed E-state index contributed by atoms with van der Waals surface area (Å²) in [5.74, 6) is -1.26. The molecule has 94 valence electrons. The third-order valence-electron chi connectivity index (χ3n) is 2.07. The molecule has 1 aromatic rings. The van der Waals surface area contributed by atoms with Crippen LogP contribution in [0.3, 0.4) is 0 Å². The molecule has 4 nitrogen and oxygen atoms in total. The van der Waals surface area contributed by atoms with Crippen molar-refractivity contribution in [3.63, 3.8) is 0 Å². The zero-order chi connectivity index (χ0) is 13.1. The fourth-order valence-corrected chi connectivity index (χ4v) is 1.28. The molecule has 0 spiro atoms. The molecular weight excluding hydrogens is 237 g/mol. The maximum atomic E-state index is 11.9. The van der Waals surface area contributed by atoms with Gasteiger partial charge in [-0.15, -0.1) is 0 Å². The van der Waals surface area contributed by atoms with Gasteiger partial charge in [0.1, 0.15) is 11.4 Å². The Balaban J connectivity index is 2.78. The number of carbonyl (C=O) groups is 1.